The van der Waals surface area contributed by atoms with Crippen LogP contribution in [0.25, 0.3) is 0 Å². The lowest BCUT2D eigenvalue weighted by Crippen LogP contribution is -2.38. The minimum atomic E-state index is -0.0938. The standard InChI is InChI=1S/C14H22N2S/c1-10-5-6-11-12(9-10)17-13(16-11)14(15)7-3-2-4-8-14/h10H,2-9,15H2,1H3. The van der Waals surface area contributed by atoms with E-state index in [0.717, 1.165) is 18.8 Å². The highest BCUT2D eigenvalue weighted by Gasteiger charge is 2.34. The summed E-state index contributed by atoms with van der Waals surface area (Å²) in [5.41, 5.74) is 7.84. The van der Waals surface area contributed by atoms with Crippen molar-refractivity contribution in [3.63, 3.8) is 0 Å². The molecule has 17 heavy (non-hydrogen) atoms. The summed E-state index contributed by atoms with van der Waals surface area (Å²) < 4.78 is 0. The highest BCUT2D eigenvalue weighted by Crippen LogP contribution is 2.39. The molecule has 1 heterocycles. The molecule has 2 nitrogen and oxygen atoms in total. The average molecular weight is 250 g/mol. The lowest BCUT2D eigenvalue weighted by Gasteiger charge is -2.31. The summed E-state index contributed by atoms with van der Waals surface area (Å²) in [4.78, 5) is 6.40. The molecular formula is C14H22N2S. The van der Waals surface area contributed by atoms with Crippen LogP contribution in [-0.2, 0) is 18.4 Å². The molecule has 0 bridgehead atoms. The van der Waals surface area contributed by atoms with Crippen molar-refractivity contribution in [2.45, 2.75) is 63.8 Å². The van der Waals surface area contributed by atoms with Gasteiger partial charge >= 0.3 is 0 Å². The highest BCUT2D eigenvalue weighted by atomic mass is 32.1. The predicted molar refractivity (Wildman–Crippen MR) is 72.3 cm³/mol. The van der Waals surface area contributed by atoms with Crippen LogP contribution in [0.1, 0.15) is 61.0 Å². The van der Waals surface area contributed by atoms with Crippen molar-refractivity contribution in [1.82, 2.24) is 4.98 Å². The quantitative estimate of drug-likeness (QED) is 0.830. The van der Waals surface area contributed by atoms with Crippen molar-refractivity contribution in [2.75, 3.05) is 0 Å². The van der Waals surface area contributed by atoms with Crippen LogP contribution in [-0.4, -0.2) is 4.98 Å². The van der Waals surface area contributed by atoms with Crippen LogP contribution in [0, 0.1) is 5.92 Å². The van der Waals surface area contributed by atoms with Crippen LogP contribution in [0.2, 0.25) is 0 Å². The van der Waals surface area contributed by atoms with Gasteiger partial charge in [0.2, 0.25) is 0 Å². The van der Waals surface area contributed by atoms with Gasteiger partial charge in [-0.2, -0.15) is 0 Å². The van der Waals surface area contributed by atoms with Crippen molar-refractivity contribution in [1.29, 1.82) is 0 Å². The van der Waals surface area contributed by atoms with Crippen LogP contribution in [0.3, 0.4) is 0 Å². The summed E-state index contributed by atoms with van der Waals surface area (Å²) in [7, 11) is 0. The summed E-state index contributed by atoms with van der Waals surface area (Å²) in [6.45, 7) is 2.35. The fourth-order valence-corrected chi connectivity index (χ4v) is 4.58. The Hall–Kier alpha value is -0.410. The number of rotatable bonds is 1. The summed E-state index contributed by atoms with van der Waals surface area (Å²) >= 11 is 1.91. The molecule has 0 saturated heterocycles. The number of nitrogens with two attached hydrogens (primary N) is 1. The van der Waals surface area contributed by atoms with Gasteiger partial charge < -0.3 is 5.73 Å². The van der Waals surface area contributed by atoms with E-state index in [0.29, 0.717) is 0 Å². The van der Waals surface area contributed by atoms with Gasteiger partial charge in [-0.05, 0) is 38.0 Å². The predicted octanol–water partition coefficient (Wildman–Crippen LogP) is 3.39. The molecule has 0 amide bonds. The Morgan fingerprint density at radius 3 is 2.82 bits per heavy atom. The molecule has 2 aliphatic carbocycles. The zero-order valence-corrected chi connectivity index (χ0v) is 11.5. The van der Waals surface area contributed by atoms with E-state index >= 15 is 0 Å². The Balaban J connectivity index is 1.88. The zero-order chi connectivity index (χ0) is 11.9. The van der Waals surface area contributed by atoms with Crippen molar-refractivity contribution in [3.05, 3.63) is 15.6 Å². The molecule has 2 aliphatic rings. The maximum absolute atomic E-state index is 6.57. The monoisotopic (exact) mass is 250 g/mol. The number of aromatic nitrogens is 1. The van der Waals surface area contributed by atoms with Gasteiger partial charge in [-0.25, -0.2) is 4.98 Å². The molecule has 0 aliphatic heterocycles. The number of hydrogen-bond donors (Lipinski definition) is 1. The van der Waals surface area contributed by atoms with Gasteiger partial charge in [-0.3, -0.25) is 0 Å². The fourth-order valence-electron chi connectivity index (χ4n) is 3.15. The van der Waals surface area contributed by atoms with E-state index in [2.05, 4.69) is 6.92 Å². The first-order valence-corrected chi connectivity index (χ1v) is 7.77. The smallest absolute Gasteiger partial charge is 0.113 e. The third-order valence-electron chi connectivity index (χ3n) is 4.36. The topological polar surface area (TPSA) is 38.9 Å². The van der Waals surface area contributed by atoms with E-state index in [1.54, 1.807) is 0 Å². The first-order valence-electron chi connectivity index (χ1n) is 6.95. The molecule has 94 valence electrons. The van der Waals surface area contributed by atoms with Gasteiger partial charge in [-0.1, -0.05) is 26.2 Å². The minimum Gasteiger partial charge on any atom is -0.319 e. The Labute approximate surface area is 108 Å². The summed E-state index contributed by atoms with van der Waals surface area (Å²) in [6, 6.07) is 0. The first kappa shape index (κ1) is 11.7. The molecule has 3 heteroatoms. The van der Waals surface area contributed by atoms with Gasteiger partial charge in [0, 0.05) is 4.88 Å². The number of aryl methyl sites for hydroxylation is 1. The molecule has 3 rings (SSSR count). The SMILES string of the molecule is CC1CCc2nc(C3(N)CCCCC3)sc2C1. The molecule has 1 aromatic heterocycles. The third kappa shape index (κ3) is 2.15. The minimum absolute atomic E-state index is 0.0938. The van der Waals surface area contributed by atoms with E-state index < -0.39 is 0 Å². The van der Waals surface area contributed by atoms with Crippen molar-refractivity contribution >= 4 is 11.3 Å². The lowest BCUT2D eigenvalue weighted by molar-refractivity contribution is 0.301. The number of nitrogens with zero attached hydrogens (tertiary/aromatic N) is 1. The Morgan fingerprint density at radius 1 is 1.29 bits per heavy atom. The van der Waals surface area contributed by atoms with Crippen LogP contribution < -0.4 is 5.73 Å². The van der Waals surface area contributed by atoms with Crippen LogP contribution in [0.15, 0.2) is 0 Å². The number of fused-ring (bicyclic) bond motifs is 1. The highest BCUT2D eigenvalue weighted by molar-refractivity contribution is 7.11. The van der Waals surface area contributed by atoms with Gasteiger partial charge in [-0.15, -0.1) is 11.3 Å². The zero-order valence-electron chi connectivity index (χ0n) is 10.7. The van der Waals surface area contributed by atoms with Crippen molar-refractivity contribution < 1.29 is 0 Å². The normalized spacial score (nSPS) is 27.8. The molecule has 1 aromatic rings. The average Bonchev–Trinajstić information content (AvgIpc) is 2.73. The summed E-state index contributed by atoms with van der Waals surface area (Å²) in [6.07, 6.45) is 9.86. The second-order valence-corrected chi connectivity index (χ2v) is 7.04. The number of thiazole rings is 1. The Bertz CT molecular complexity index is 404. The second kappa shape index (κ2) is 4.36. The van der Waals surface area contributed by atoms with E-state index in [1.807, 2.05) is 11.3 Å². The molecule has 2 N–H and O–H groups in total. The van der Waals surface area contributed by atoms with E-state index in [-0.39, 0.29) is 5.54 Å². The molecule has 0 radical (unpaired) electrons. The van der Waals surface area contributed by atoms with Crippen molar-refractivity contribution in [3.8, 4) is 0 Å². The summed E-state index contributed by atoms with van der Waals surface area (Å²) in [5.74, 6) is 0.830. The van der Waals surface area contributed by atoms with Crippen LogP contribution in [0.4, 0.5) is 0 Å². The molecule has 1 fully saturated rings. The molecule has 1 unspecified atom stereocenters. The van der Waals surface area contributed by atoms with Crippen molar-refractivity contribution in [2.24, 2.45) is 11.7 Å². The van der Waals surface area contributed by atoms with E-state index in [4.69, 9.17) is 10.7 Å². The molecule has 1 saturated carbocycles. The van der Waals surface area contributed by atoms with E-state index in [1.165, 1.54) is 54.1 Å². The third-order valence-corrected chi connectivity index (χ3v) is 5.70. The van der Waals surface area contributed by atoms with Crippen LogP contribution in [0.5, 0.6) is 0 Å². The van der Waals surface area contributed by atoms with E-state index in [9.17, 15) is 0 Å². The molecule has 0 aromatic carbocycles. The first-order chi connectivity index (χ1) is 8.17. The van der Waals surface area contributed by atoms with Gasteiger partial charge in [0.1, 0.15) is 5.01 Å². The largest absolute Gasteiger partial charge is 0.319 e. The van der Waals surface area contributed by atoms with Crippen LogP contribution >= 0.6 is 11.3 Å². The Kier molecular flexibility index (Phi) is 2.99. The number of hydrogen-bond acceptors (Lipinski definition) is 3. The van der Waals surface area contributed by atoms with Gasteiger partial charge in [0.05, 0.1) is 11.2 Å². The second-order valence-electron chi connectivity index (χ2n) is 5.95. The van der Waals surface area contributed by atoms with Gasteiger partial charge in [0.15, 0.2) is 0 Å². The lowest BCUT2D eigenvalue weighted by atomic mass is 9.83. The fraction of sp³-hybridized carbons (Fsp3) is 0.786. The maximum Gasteiger partial charge on any atom is 0.113 e. The molecular weight excluding hydrogens is 228 g/mol. The molecule has 0 spiro atoms. The molecule has 1 atom stereocenters. The Morgan fingerprint density at radius 2 is 2.06 bits per heavy atom. The van der Waals surface area contributed by atoms with Gasteiger partial charge in [0.25, 0.3) is 0 Å². The maximum atomic E-state index is 6.57. The summed E-state index contributed by atoms with van der Waals surface area (Å²) in [5, 5.41) is 1.23.